The lowest BCUT2D eigenvalue weighted by molar-refractivity contribution is -0.0504. The molecular formula is C44H42BClF8N8O8S2. The standard InChI is InChI=1S/C22H20F4N4O3S.C14H13BF2N2O3.C8H9ClF2N2O2S/c23-9-13(10-24)29-34(31,32)16-5-7-19(28-12-16)21-18(11-27)17-6-4-15(33-22(25)26)8-20(17)30(21)14-2-1-3-14;16-14(17)22-9-4-5-10-11(7-18)13(15(20)21)19(12(10)6-9)8-2-1-3-8;9-8-2-1-7(5-12-8)16(14,15)13-6(3-10)4-11/h4-8,12-14,22,29H,1-3,9-10H2;4-6,8,14,20-21H,1-3H2;1-2,5-6,13H,3-4H2. The van der Waals surface area contributed by atoms with E-state index >= 15 is 0 Å². The minimum absolute atomic E-state index is 0.00291. The van der Waals surface area contributed by atoms with Crippen LogP contribution in [0.15, 0.2) is 82.8 Å². The molecule has 0 radical (unpaired) electrons. The number of hydrogen-bond acceptors (Lipinski definition) is 12. The normalized spacial score (nSPS) is 14.1. The number of nitriles is 2. The summed E-state index contributed by atoms with van der Waals surface area (Å²) in [6.45, 7) is -10.6. The molecule has 4 N–H and O–H groups in total. The molecule has 28 heteroatoms. The molecule has 0 amide bonds. The predicted molar refractivity (Wildman–Crippen MR) is 247 cm³/mol. The SMILES string of the molecule is N#Cc1c(-c2ccc(S(=O)(=O)NC(CF)CF)cn2)n(C2CCC2)c2cc(OC(F)F)ccc12.N#Cc1c(B(O)O)n(C2CCC2)c2cc(OC(F)F)ccc12.O=S(=O)(NC(CF)CF)c1ccc(Cl)nc1. The Morgan fingerprint density at radius 2 is 1.12 bits per heavy atom. The Hall–Kier alpha value is -6.07. The molecule has 2 fully saturated rings. The Bertz CT molecular complexity index is 3150. The minimum Gasteiger partial charge on any atom is -0.435 e. The third kappa shape index (κ3) is 12.6. The second-order valence-corrected chi connectivity index (χ2v) is 19.9. The van der Waals surface area contributed by atoms with E-state index in [-0.39, 0.29) is 55.2 Å². The summed E-state index contributed by atoms with van der Waals surface area (Å²) in [5, 5.41) is 39.6. The van der Waals surface area contributed by atoms with Gasteiger partial charge in [-0.25, -0.2) is 48.8 Å². The number of ether oxygens (including phenoxy) is 2. The molecular weight excluding hydrogens is 1030 g/mol. The van der Waals surface area contributed by atoms with Gasteiger partial charge in [0.25, 0.3) is 0 Å². The fourth-order valence-electron chi connectivity index (χ4n) is 7.74. The fourth-order valence-corrected chi connectivity index (χ4v) is 10.1. The first-order valence-electron chi connectivity index (χ1n) is 21.6. The van der Waals surface area contributed by atoms with Gasteiger partial charge in [0, 0.05) is 47.4 Å². The topological polar surface area (TPSA) is 234 Å². The van der Waals surface area contributed by atoms with Crippen LogP contribution in [0, 0.1) is 22.7 Å². The fraction of sp³-hybridized carbons (Fsp3) is 0.364. The Morgan fingerprint density at radius 3 is 1.50 bits per heavy atom. The molecule has 4 heterocycles. The summed E-state index contributed by atoms with van der Waals surface area (Å²) in [7, 11) is -9.97. The van der Waals surface area contributed by atoms with Gasteiger partial charge in [0.2, 0.25) is 20.0 Å². The molecule has 2 saturated carbocycles. The molecule has 72 heavy (non-hydrogen) atoms. The number of pyridine rings is 2. The van der Waals surface area contributed by atoms with Crippen molar-refractivity contribution in [3.8, 4) is 35.0 Å². The van der Waals surface area contributed by atoms with Crippen LogP contribution in [0.4, 0.5) is 35.1 Å². The molecule has 384 valence electrons. The van der Waals surface area contributed by atoms with Crippen LogP contribution in [-0.4, -0.2) is 105 Å². The van der Waals surface area contributed by atoms with Gasteiger partial charge in [-0.3, -0.25) is 4.98 Å². The molecule has 0 atom stereocenters. The van der Waals surface area contributed by atoms with Crippen LogP contribution >= 0.6 is 11.6 Å². The van der Waals surface area contributed by atoms with Gasteiger partial charge in [-0.1, -0.05) is 11.6 Å². The van der Waals surface area contributed by atoms with E-state index in [1.165, 1.54) is 60.7 Å². The van der Waals surface area contributed by atoms with Crippen molar-refractivity contribution in [1.82, 2.24) is 28.5 Å². The quantitative estimate of drug-likeness (QED) is 0.0377. The highest BCUT2D eigenvalue weighted by Crippen LogP contribution is 2.43. The van der Waals surface area contributed by atoms with Gasteiger partial charge in [0.05, 0.1) is 51.2 Å². The van der Waals surface area contributed by atoms with Gasteiger partial charge in [-0.05, 0) is 87.1 Å². The minimum atomic E-state index is -4.21. The summed E-state index contributed by atoms with van der Waals surface area (Å²) in [5.41, 5.74) is 2.28. The van der Waals surface area contributed by atoms with E-state index in [1.807, 2.05) is 20.1 Å². The van der Waals surface area contributed by atoms with Gasteiger partial charge >= 0.3 is 20.3 Å². The summed E-state index contributed by atoms with van der Waals surface area (Å²) < 4.78 is 164. The van der Waals surface area contributed by atoms with Crippen LogP contribution in [-0.2, 0) is 20.0 Å². The van der Waals surface area contributed by atoms with Gasteiger partial charge < -0.3 is 28.7 Å². The molecule has 2 aliphatic rings. The lowest BCUT2D eigenvalue weighted by Gasteiger charge is -2.30. The Morgan fingerprint density at radius 1 is 0.681 bits per heavy atom. The molecule has 0 saturated heterocycles. The number of sulfonamides is 2. The monoisotopic (exact) mass is 1070 g/mol. The van der Waals surface area contributed by atoms with Crippen molar-refractivity contribution in [3.05, 3.63) is 89.3 Å². The first-order valence-corrected chi connectivity index (χ1v) is 24.9. The van der Waals surface area contributed by atoms with Crippen molar-refractivity contribution in [2.75, 3.05) is 26.7 Å². The molecule has 4 aromatic heterocycles. The molecule has 0 spiro atoms. The smallest absolute Gasteiger partial charge is 0.435 e. The van der Waals surface area contributed by atoms with E-state index in [0.717, 1.165) is 50.9 Å². The number of nitrogens with zero attached hydrogens (tertiary/aromatic N) is 6. The van der Waals surface area contributed by atoms with Crippen LogP contribution in [0.2, 0.25) is 5.15 Å². The van der Waals surface area contributed by atoms with Crippen LogP contribution in [0.25, 0.3) is 33.2 Å². The van der Waals surface area contributed by atoms with E-state index in [2.05, 4.69) is 25.5 Å². The van der Waals surface area contributed by atoms with Crippen LogP contribution in [0.3, 0.4) is 0 Å². The number of fused-ring (bicyclic) bond motifs is 2. The number of benzene rings is 2. The number of halogens is 9. The molecule has 0 aliphatic heterocycles. The Labute approximate surface area is 412 Å². The van der Waals surface area contributed by atoms with E-state index < -0.39 is 79.2 Å². The maximum Gasteiger partial charge on any atom is 0.507 e. The highest BCUT2D eigenvalue weighted by molar-refractivity contribution is 7.89. The summed E-state index contributed by atoms with van der Waals surface area (Å²) in [4.78, 5) is 7.30. The zero-order valence-corrected chi connectivity index (χ0v) is 39.7. The van der Waals surface area contributed by atoms with Crippen molar-refractivity contribution >= 4 is 66.2 Å². The first-order chi connectivity index (χ1) is 34.3. The zero-order chi connectivity index (χ0) is 52.5. The predicted octanol–water partition coefficient (Wildman–Crippen LogP) is 7.33. The largest absolute Gasteiger partial charge is 0.507 e. The number of rotatable bonds is 18. The molecule has 2 aliphatic carbocycles. The van der Waals surface area contributed by atoms with Gasteiger partial charge in [-0.15, -0.1) is 0 Å². The van der Waals surface area contributed by atoms with E-state index in [1.54, 1.807) is 4.57 Å². The molecule has 8 rings (SSSR count). The lowest BCUT2D eigenvalue weighted by atomic mass is 9.81. The number of hydrogen-bond donors (Lipinski definition) is 4. The average Bonchev–Trinajstić information content (AvgIpc) is 3.80. The van der Waals surface area contributed by atoms with Gasteiger partial charge in [0.15, 0.2) is 0 Å². The lowest BCUT2D eigenvalue weighted by Crippen LogP contribution is -2.41. The molecule has 6 aromatic rings. The van der Waals surface area contributed by atoms with Crippen LogP contribution in [0.1, 0.15) is 61.7 Å². The number of aromatic nitrogens is 4. The van der Waals surface area contributed by atoms with Crippen molar-refractivity contribution in [3.63, 3.8) is 0 Å². The van der Waals surface area contributed by atoms with E-state index in [0.29, 0.717) is 33.2 Å². The molecule has 2 aromatic carbocycles. The summed E-state index contributed by atoms with van der Waals surface area (Å²) >= 11 is 5.48. The van der Waals surface area contributed by atoms with E-state index in [9.17, 15) is 72.5 Å². The number of nitrogens with one attached hydrogen (secondary N) is 2. The van der Waals surface area contributed by atoms with Gasteiger partial charge in [-0.2, -0.15) is 28.1 Å². The van der Waals surface area contributed by atoms with Crippen molar-refractivity contribution in [2.24, 2.45) is 0 Å². The maximum atomic E-state index is 12.8. The van der Waals surface area contributed by atoms with Crippen molar-refractivity contribution in [2.45, 2.75) is 85.7 Å². The maximum absolute atomic E-state index is 12.8. The van der Waals surface area contributed by atoms with Crippen molar-refractivity contribution in [1.29, 1.82) is 10.5 Å². The van der Waals surface area contributed by atoms with Crippen LogP contribution < -0.4 is 24.5 Å². The Kier molecular flexibility index (Phi) is 18.5. The van der Waals surface area contributed by atoms with E-state index in [4.69, 9.17) is 11.6 Å². The van der Waals surface area contributed by atoms with Gasteiger partial charge in [0.1, 0.15) is 65.3 Å². The summed E-state index contributed by atoms with van der Waals surface area (Å²) in [6.07, 6.45) is 7.32. The number of alkyl halides is 8. The molecule has 0 unspecified atom stereocenters. The third-order valence-corrected chi connectivity index (χ3v) is 14.7. The molecule has 16 nitrogen and oxygen atoms in total. The zero-order valence-electron chi connectivity index (χ0n) is 37.3. The second kappa shape index (κ2) is 24.1. The third-order valence-electron chi connectivity index (χ3n) is 11.5. The summed E-state index contributed by atoms with van der Waals surface area (Å²) in [5.74, 6) is -0.0728. The highest BCUT2D eigenvalue weighted by Gasteiger charge is 2.33. The van der Waals surface area contributed by atoms with Crippen molar-refractivity contribution < 1.29 is 71.5 Å². The Balaban J connectivity index is 0.000000191. The summed E-state index contributed by atoms with van der Waals surface area (Å²) in [6, 6.07) is 14.9. The first kappa shape index (κ1) is 55.3. The van der Waals surface area contributed by atoms with Crippen LogP contribution in [0.5, 0.6) is 11.5 Å². The molecule has 0 bridgehead atoms. The highest BCUT2D eigenvalue weighted by atomic mass is 35.5. The average molecular weight is 1070 g/mol. The second-order valence-electron chi connectivity index (χ2n) is 16.1.